The number of piperidine rings is 1. The number of amides is 1. The molecule has 8 aromatic rings. The van der Waals surface area contributed by atoms with Gasteiger partial charge in [-0.3, -0.25) is 28.1 Å². The quantitative estimate of drug-likeness (QED) is 0.170. The standard InChI is InChI=1S/C50H48F2N10O5/c1-26-18-33(19-27(2)42(26)51)62-44(59-16-15-58(48(59)65)39-11-10-37-34(43(39)52)25-53-57(37)4)41-35(55-62)22-32-6-5-7-38(41)60(32)45(63)40-21-31-20-29(30-12-17-66-49(24-30)13-14-49)8-9-36(31)61(40)50(23-28(50)3)46-54-47(64)67-56-46/h8-11,15-16,18-21,25,28,30,32,38H,5-7,12-14,17,22-24H2,1-4H3,(H,54,56,64)/t28-,30-,32+,38-,50-/m0/s1. The number of carbonyl (C=O) groups is 1. The van der Waals surface area contributed by atoms with E-state index >= 15 is 13.6 Å². The number of aryl methyl sites for hydroxylation is 3. The molecule has 1 N–H and O–H groups in total. The van der Waals surface area contributed by atoms with Crippen LogP contribution in [0.15, 0.2) is 81.2 Å². The molecule has 17 heteroatoms. The third-order valence-electron chi connectivity index (χ3n) is 15.8. The Morgan fingerprint density at radius 3 is 2.45 bits per heavy atom. The van der Waals surface area contributed by atoms with Crippen molar-refractivity contribution in [3.05, 3.63) is 139 Å². The second-order valence-electron chi connectivity index (χ2n) is 19.8. The van der Waals surface area contributed by atoms with Gasteiger partial charge in [0, 0.05) is 55.0 Å². The van der Waals surface area contributed by atoms with Crippen LogP contribution in [0.2, 0.25) is 0 Å². The molecule has 0 radical (unpaired) electrons. The van der Waals surface area contributed by atoms with Gasteiger partial charge in [0.15, 0.2) is 11.6 Å². The van der Waals surface area contributed by atoms with Crippen molar-refractivity contribution < 1.29 is 22.8 Å². The number of fused-ring (bicyclic) bond motifs is 6. The van der Waals surface area contributed by atoms with Crippen LogP contribution in [0.3, 0.4) is 0 Å². The topological polar surface area (TPSA) is 156 Å². The summed E-state index contributed by atoms with van der Waals surface area (Å²) >= 11 is 0. The van der Waals surface area contributed by atoms with E-state index in [1.807, 2.05) is 11.0 Å². The van der Waals surface area contributed by atoms with Crippen LogP contribution in [0.5, 0.6) is 0 Å². The second kappa shape index (κ2) is 14.1. The van der Waals surface area contributed by atoms with Gasteiger partial charge in [0.2, 0.25) is 0 Å². The molecule has 5 atom stereocenters. The summed E-state index contributed by atoms with van der Waals surface area (Å²) in [5.74, 6) is -0.644. The third kappa shape index (κ3) is 5.82. The van der Waals surface area contributed by atoms with Crippen molar-refractivity contribution >= 4 is 27.7 Å². The average Bonchev–Trinajstić information content (AvgIpc) is 3.73. The van der Waals surface area contributed by atoms with Crippen LogP contribution < -0.4 is 11.4 Å². The van der Waals surface area contributed by atoms with E-state index in [2.05, 4.69) is 44.9 Å². The molecule has 13 rings (SSSR count). The average molecular weight is 907 g/mol. The molecule has 3 aromatic carbocycles. The highest BCUT2D eigenvalue weighted by Crippen LogP contribution is 2.57. The number of ether oxygens (including phenoxy) is 1. The van der Waals surface area contributed by atoms with Crippen LogP contribution in [-0.4, -0.2) is 72.5 Å². The summed E-state index contributed by atoms with van der Waals surface area (Å²) in [7, 11) is 1.73. The predicted octanol–water partition coefficient (Wildman–Crippen LogP) is 7.73. The zero-order chi connectivity index (χ0) is 45.8. The number of H-pyrrole nitrogens is 1. The van der Waals surface area contributed by atoms with Crippen molar-refractivity contribution in [2.75, 3.05) is 6.61 Å². The Kier molecular flexibility index (Phi) is 8.49. The first-order valence-corrected chi connectivity index (χ1v) is 23.3. The first-order valence-electron chi connectivity index (χ1n) is 23.3. The van der Waals surface area contributed by atoms with Gasteiger partial charge in [0.25, 0.3) is 5.91 Å². The Hall–Kier alpha value is -6.88. The zero-order valence-electron chi connectivity index (χ0n) is 37.6. The fourth-order valence-electron chi connectivity index (χ4n) is 12.2. The van der Waals surface area contributed by atoms with Crippen molar-refractivity contribution in [3.8, 4) is 17.2 Å². The van der Waals surface area contributed by atoms with Crippen molar-refractivity contribution in [1.82, 2.24) is 48.3 Å². The van der Waals surface area contributed by atoms with Crippen LogP contribution in [0.25, 0.3) is 39.0 Å². The number of rotatable bonds is 7. The number of aromatic amines is 1. The molecule has 2 bridgehead atoms. The highest BCUT2D eigenvalue weighted by atomic mass is 19.1. The summed E-state index contributed by atoms with van der Waals surface area (Å²) in [5.41, 5.74) is 4.61. The Morgan fingerprint density at radius 2 is 1.70 bits per heavy atom. The SMILES string of the molecule is Cc1cc(-n2nc3c(c2-n2ccn(-c4ccc5c(cnn5C)c4F)c2=O)[C@@H]2CCC[C@H](C3)N2C(=O)c2cc3cc([C@H]4CCOC5(CC5)C4)ccc3n2[C@@]2(c3noc(=O)[nH]3)C[C@@H]2C)cc(C)c1F. The molecule has 2 aliphatic carbocycles. The highest BCUT2D eigenvalue weighted by Gasteiger charge is 2.59. The number of nitrogens with zero attached hydrogens (tertiary/aromatic N) is 9. The van der Waals surface area contributed by atoms with E-state index in [9.17, 15) is 9.59 Å². The lowest BCUT2D eigenvalue weighted by Crippen LogP contribution is -2.50. The molecule has 15 nitrogen and oxygen atoms in total. The molecule has 342 valence electrons. The van der Waals surface area contributed by atoms with E-state index in [0.717, 1.165) is 61.7 Å². The Bertz CT molecular complexity index is 3500. The summed E-state index contributed by atoms with van der Waals surface area (Å²) in [5, 5.41) is 14.8. The highest BCUT2D eigenvalue weighted by molar-refractivity contribution is 6.00. The van der Waals surface area contributed by atoms with E-state index in [1.54, 1.807) is 60.7 Å². The van der Waals surface area contributed by atoms with Crippen molar-refractivity contribution in [1.29, 1.82) is 0 Å². The van der Waals surface area contributed by atoms with Gasteiger partial charge in [-0.2, -0.15) is 10.2 Å². The van der Waals surface area contributed by atoms with Crippen LogP contribution in [0.4, 0.5) is 8.78 Å². The molecular formula is C50H48F2N10O5. The molecule has 8 heterocycles. The second-order valence-corrected chi connectivity index (χ2v) is 19.8. The lowest BCUT2D eigenvalue weighted by molar-refractivity contribution is -0.0132. The first kappa shape index (κ1) is 40.4. The van der Waals surface area contributed by atoms with Gasteiger partial charge in [0.05, 0.1) is 45.8 Å². The fraction of sp³-hybridized carbons (Fsp3) is 0.400. The maximum Gasteiger partial charge on any atom is 0.438 e. The predicted molar refractivity (Wildman–Crippen MR) is 242 cm³/mol. The number of benzene rings is 3. The van der Waals surface area contributed by atoms with Gasteiger partial charge in [-0.25, -0.2) is 23.1 Å². The van der Waals surface area contributed by atoms with E-state index in [0.29, 0.717) is 70.4 Å². The molecule has 0 unspecified atom stereocenters. The van der Waals surface area contributed by atoms with Gasteiger partial charge in [-0.15, -0.1) is 0 Å². The lowest BCUT2D eigenvalue weighted by atomic mass is 9.82. The van der Waals surface area contributed by atoms with Crippen LogP contribution in [0, 0.1) is 31.4 Å². The molecule has 3 aliphatic heterocycles. The minimum Gasteiger partial charge on any atom is -0.375 e. The number of imidazole rings is 1. The van der Waals surface area contributed by atoms with Crippen LogP contribution >= 0.6 is 0 Å². The molecule has 4 fully saturated rings. The van der Waals surface area contributed by atoms with Gasteiger partial charge >= 0.3 is 11.4 Å². The van der Waals surface area contributed by atoms with Gasteiger partial charge < -0.3 is 14.2 Å². The normalized spacial score (nSPS) is 23.9. The molecule has 5 aliphatic rings. The Labute approximate surface area is 381 Å². The summed E-state index contributed by atoms with van der Waals surface area (Å²) in [4.78, 5) is 48.1. The zero-order valence-corrected chi connectivity index (χ0v) is 37.6. The maximum atomic E-state index is 16.2. The largest absolute Gasteiger partial charge is 0.438 e. The van der Waals surface area contributed by atoms with Crippen molar-refractivity contribution in [2.24, 2.45) is 13.0 Å². The summed E-state index contributed by atoms with van der Waals surface area (Å²) in [6, 6.07) is 14.5. The van der Waals surface area contributed by atoms with Gasteiger partial charge in [0.1, 0.15) is 22.9 Å². The molecule has 2 saturated carbocycles. The Balaban J connectivity index is 0.979. The number of halogens is 2. The van der Waals surface area contributed by atoms with Gasteiger partial charge in [-0.05, 0) is 136 Å². The van der Waals surface area contributed by atoms with Crippen molar-refractivity contribution in [2.45, 2.75) is 108 Å². The summed E-state index contributed by atoms with van der Waals surface area (Å²) in [6.45, 7) is 6.20. The lowest BCUT2D eigenvalue weighted by Gasteiger charge is -2.46. The molecule has 67 heavy (non-hydrogen) atoms. The molecule has 5 aromatic heterocycles. The minimum absolute atomic E-state index is 0.0126. The first-order chi connectivity index (χ1) is 32.3. The number of hydrogen-bond acceptors (Lipinski definition) is 8. The number of hydrogen-bond donors (Lipinski definition) is 1. The van der Waals surface area contributed by atoms with E-state index in [1.165, 1.54) is 27.1 Å². The van der Waals surface area contributed by atoms with Gasteiger partial charge in [-0.1, -0.05) is 18.1 Å². The van der Waals surface area contributed by atoms with Crippen LogP contribution in [0.1, 0.15) is 115 Å². The molecule has 2 saturated heterocycles. The minimum atomic E-state index is -0.841. The molecular weight excluding hydrogens is 859 g/mol. The Morgan fingerprint density at radius 1 is 0.925 bits per heavy atom. The van der Waals surface area contributed by atoms with E-state index in [4.69, 9.17) is 14.4 Å². The number of nitrogens with one attached hydrogen (secondary N) is 1. The fourth-order valence-corrected chi connectivity index (χ4v) is 12.2. The smallest absolute Gasteiger partial charge is 0.375 e. The van der Waals surface area contributed by atoms with E-state index < -0.39 is 28.8 Å². The summed E-state index contributed by atoms with van der Waals surface area (Å²) in [6.07, 6.45) is 11.8. The molecule has 1 amide bonds. The van der Waals surface area contributed by atoms with E-state index in [-0.39, 0.29) is 40.4 Å². The van der Waals surface area contributed by atoms with Crippen LogP contribution in [-0.2, 0) is 23.7 Å². The molecule has 1 spiro atoms. The monoisotopic (exact) mass is 906 g/mol. The number of aromatic nitrogens is 9. The van der Waals surface area contributed by atoms with Crippen molar-refractivity contribution in [3.63, 3.8) is 0 Å². The summed E-state index contributed by atoms with van der Waals surface area (Å²) < 4.78 is 50.8. The third-order valence-corrected chi connectivity index (χ3v) is 15.8. The number of carbonyl (C=O) groups excluding carboxylic acids is 1. The maximum absolute atomic E-state index is 16.2.